The number of benzene rings is 1. The van der Waals surface area contributed by atoms with E-state index in [1.54, 1.807) is 6.08 Å². The fourth-order valence-corrected chi connectivity index (χ4v) is 1.24. The van der Waals surface area contributed by atoms with Crippen molar-refractivity contribution in [1.29, 1.82) is 0 Å². The molecule has 0 atom stereocenters. The van der Waals surface area contributed by atoms with Crippen LogP contribution in [-0.2, 0) is 6.61 Å². The van der Waals surface area contributed by atoms with Gasteiger partial charge in [0.25, 0.3) is 0 Å². The molecule has 0 saturated heterocycles. The summed E-state index contributed by atoms with van der Waals surface area (Å²) < 4.78 is 0. The highest BCUT2D eigenvalue weighted by atomic mass is 16.3. The quantitative estimate of drug-likeness (QED) is 0.721. The van der Waals surface area contributed by atoms with Crippen LogP contribution < -0.4 is 0 Å². The molecule has 14 heavy (non-hydrogen) atoms. The number of allylic oxidation sites excluding steroid dienone is 1. The van der Waals surface area contributed by atoms with Gasteiger partial charge in [0.2, 0.25) is 0 Å². The molecule has 0 aromatic heterocycles. The molecule has 2 nitrogen and oxygen atoms in total. The Balaban J connectivity index is 3.21. The average molecular weight is 187 g/mol. The van der Waals surface area contributed by atoms with Gasteiger partial charge in [0.05, 0.1) is 12.3 Å². The van der Waals surface area contributed by atoms with Gasteiger partial charge in [0, 0.05) is 11.8 Å². The molecule has 1 N–H and O–H groups in total. The van der Waals surface area contributed by atoms with Crippen molar-refractivity contribution < 1.29 is 5.11 Å². The van der Waals surface area contributed by atoms with Crippen molar-refractivity contribution in [2.45, 2.75) is 6.61 Å². The Morgan fingerprint density at radius 3 is 2.64 bits per heavy atom. The van der Waals surface area contributed by atoms with Crippen molar-refractivity contribution in [3.05, 3.63) is 60.8 Å². The summed E-state index contributed by atoms with van der Waals surface area (Å²) in [6, 6.07) is 7.54. The third-order valence-electron chi connectivity index (χ3n) is 1.89. The SMILES string of the molecule is C=CN=C(C=C)c1ccccc1CO. The fraction of sp³-hybridized carbons (Fsp3) is 0.0833. The summed E-state index contributed by atoms with van der Waals surface area (Å²) in [5.41, 5.74) is 2.46. The Kier molecular flexibility index (Phi) is 3.83. The Bertz CT molecular complexity index is 366. The number of aliphatic hydroxyl groups excluding tert-OH is 1. The summed E-state index contributed by atoms with van der Waals surface area (Å²) in [7, 11) is 0. The minimum atomic E-state index is 0.000175. The molecule has 0 aliphatic carbocycles. The van der Waals surface area contributed by atoms with E-state index in [-0.39, 0.29) is 6.61 Å². The van der Waals surface area contributed by atoms with Crippen LogP contribution in [0, 0.1) is 0 Å². The normalized spacial score (nSPS) is 11.1. The third-order valence-corrected chi connectivity index (χ3v) is 1.89. The lowest BCUT2D eigenvalue weighted by molar-refractivity contribution is 0.281. The molecule has 1 aromatic rings. The van der Waals surface area contributed by atoms with Crippen molar-refractivity contribution in [2.24, 2.45) is 4.99 Å². The lowest BCUT2D eigenvalue weighted by Crippen LogP contribution is -2.01. The zero-order valence-electron chi connectivity index (χ0n) is 7.98. The van der Waals surface area contributed by atoms with Crippen LogP contribution in [0.15, 0.2) is 54.7 Å². The zero-order chi connectivity index (χ0) is 10.4. The largest absolute Gasteiger partial charge is 0.392 e. The maximum absolute atomic E-state index is 9.12. The first-order valence-corrected chi connectivity index (χ1v) is 4.33. The first-order valence-electron chi connectivity index (χ1n) is 4.33. The summed E-state index contributed by atoms with van der Waals surface area (Å²) >= 11 is 0. The third kappa shape index (κ3) is 2.18. The van der Waals surface area contributed by atoms with Gasteiger partial charge in [-0.15, -0.1) is 0 Å². The summed E-state index contributed by atoms with van der Waals surface area (Å²) in [6.45, 7) is 7.20. The monoisotopic (exact) mass is 187 g/mol. The summed E-state index contributed by atoms with van der Waals surface area (Å²) in [5, 5.41) is 9.12. The number of nitrogens with zero attached hydrogens (tertiary/aromatic N) is 1. The van der Waals surface area contributed by atoms with Crippen LogP contribution in [0.1, 0.15) is 11.1 Å². The number of aliphatic imine (C=N–C) groups is 1. The molecule has 0 saturated carbocycles. The molecule has 0 aliphatic heterocycles. The molecule has 0 heterocycles. The van der Waals surface area contributed by atoms with E-state index in [1.807, 2.05) is 24.3 Å². The van der Waals surface area contributed by atoms with Gasteiger partial charge in [0.15, 0.2) is 0 Å². The molecule has 0 aliphatic rings. The van der Waals surface area contributed by atoms with Gasteiger partial charge in [-0.3, -0.25) is 4.99 Å². The molecule has 72 valence electrons. The number of aliphatic hydroxyl groups is 1. The summed E-state index contributed by atoms with van der Waals surface area (Å²) in [4.78, 5) is 4.07. The standard InChI is InChI=1S/C12H13NO/c1-3-12(13-4-2)11-8-6-5-7-10(11)9-14/h3-8,14H,1-2,9H2. The topological polar surface area (TPSA) is 32.6 Å². The molecule has 0 spiro atoms. The van der Waals surface area contributed by atoms with Crippen LogP contribution >= 0.6 is 0 Å². The van der Waals surface area contributed by atoms with Crippen LogP contribution in [0.5, 0.6) is 0 Å². The van der Waals surface area contributed by atoms with Gasteiger partial charge < -0.3 is 5.11 Å². The van der Waals surface area contributed by atoms with E-state index in [1.165, 1.54) is 6.20 Å². The first kappa shape index (κ1) is 10.4. The van der Waals surface area contributed by atoms with Crippen LogP contribution in [0.3, 0.4) is 0 Å². The minimum Gasteiger partial charge on any atom is -0.392 e. The van der Waals surface area contributed by atoms with E-state index in [4.69, 9.17) is 5.11 Å². The van der Waals surface area contributed by atoms with Crippen LogP contribution in [-0.4, -0.2) is 10.8 Å². The highest BCUT2D eigenvalue weighted by molar-refractivity contribution is 6.09. The van der Waals surface area contributed by atoms with Crippen LogP contribution in [0.2, 0.25) is 0 Å². The van der Waals surface area contributed by atoms with Gasteiger partial charge in [-0.25, -0.2) is 0 Å². The first-order chi connectivity index (χ1) is 6.83. The highest BCUT2D eigenvalue weighted by Gasteiger charge is 2.03. The molecular weight excluding hydrogens is 174 g/mol. The van der Waals surface area contributed by atoms with E-state index in [2.05, 4.69) is 18.2 Å². The Morgan fingerprint density at radius 1 is 1.36 bits per heavy atom. The highest BCUT2D eigenvalue weighted by Crippen LogP contribution is 2.10. The van der Waals surface area contributed by atoms with Crippen molar-refractivity contribution in [3.8, 4) is 0 Å². The molecule has 2 heteroatoms. The predicted molar refractivity (Wildman–Crippen MR) is 59.3 cm³/mol. The number of hydrogen-bond donors (Lipinski definition) is 1. The van der Waals surface area contributed by atoms with E-state index < -0.39 is 0 Å². The second kappa shape index (κ2) is 5.14. The van der Waals surface area contributed by atoms with Crippen LogP contribution in [0.25, 0.3) is 0 Å². The number of rotatable bonds is 4. The second-order valence-electron chi connectivity index (χ2n) is 2.72. The van der Waals surface area contributed by atoms with Gasteiger partial charge in [-0.1, -0.05) is 37.4 Å². The predicted octanol–water partition coefficient (Wildman–Crippen LogP) is 2.30. The minimum absolute atomic E-state index is 0.000175. The average Bonchev–Trinajstić information content (AvgIpc) is 2.26. The van der Waals surface area contributed by atoms with Gasteiger partial charge in [-0.2, -0.15) is 0 Å². The lowest BCUT2D eigenvalue weighted by atomic mass is 10.0. The van der Waals surface area contributed by atoms with Crippen LogP contribution in [0.4, 0.5) is 0 Å². The van der Waals surface area contributed by atoms with Gasteiger partial charge in [0.1, 0.15) is 0 Å². The fourth-order valence-electron chi connectivity index (χ4n) is 1.24. The smallest absolute Gasteiger partial charge is 0.0699 e. The number of hydrogen-bond acceptors (Lipinski definition) is 2. The Labute approximate surface area is 83.9 Å². The molecule has 0 amide bonds. The zero-order valence-corrected chi connectivity index (χ0v) is 7.98. The molecule has 0 bridgehead atoms. The van der Waals surface area contributed by atoms with Crippen molar-refractivity contribution in [1.82, 2.24) is 0 Å². The van der Waals surface area contributed by atoms with Gasteiger partial charge in [-0.05, 0) is 11.6 Å². The molecule has 1 rings (SSSR count). The summed E-state index contributed by atoms with van der Waals surface area (Å²) in [5.74, 6) is 0. The molecular formula is C12H13NO. The molecule has 0 fully saturated rings. The Hall–Kier alpha value is -1.67. The Morgan fingerprint density at radius 2 is 2.07 bits per heavy atom. The van der Waals surface area contributed by atoms with E-state index in [0.29, 0.717) is 0 Å². The maximum Gasteiger partial charge on any atom is 0.0699 e. The second-order valence-corrected chi connectivity index (χ2v) is 2.72. The summed E-state index contributed by atoms with van der Waals surface area (Å²) in [6.07, 6.45) is 3.11. The van der Waals surface area contributed by atoms with Crippen molar-refractivity contribution in [2.75, 3.05) is 0 Å². The lowest BCUT2D eigenvalue weighted by Gasteiger charge is -2.05. The van der Waals surface area contributed by atoms with Crippen molar-refractivity contribution >= 4 is 5.71 Å². The van der Waals surface area contributed by atoms with Gasteiger partial charge >= 0.3 is 0 Å². The molecule has 0 radical (unpaired) electrons. The molecule has 0 unspecified atom stereocenters. The van der Waals surface area contributed by atoms with E-state index in [9.17, 15) is 0 Å². The molecule has 1 aromatic carbocycles. The van der Waals surface area contributed by atoms with Crippen molar-refractivity contribution in [3.63, 3.8) is 0 Å². The van der Waals surface area contributed by atoms with E-state index >= 15 is 0 Å². The van der Waals surface area contributed by atoms with E-state index in [0.717, 1.165) is 16.8 Å². The maximum atomic E-state index is 9.12.